The lowest BCUT2D eigenvalue weighted by Crippen LogP contribution is -2.16. The van der Waals surface area contributed by atoms with E-state index in [4.69, 9.17) is 10.5 Å². The summed E-state index contributed by atoms with van der Waals surface area (Å²) < 4.78 is 5.55. The van der Waals surface area contributed by atoms with Crippen molar-refractivity contribution in [2.24, 2.45) is 11.7 Å². The Kier molecular flexibility index (Phi) is 5.29. The van der Waals surface area contributed by atoms with E-state index < -0.39 is 6.10 Å². The third-order valence-corrected chi connectivity index (χ3v) is 2.42. The zero-order valence-corrected chi connectivity index (χ0v) is 10.0. The van der Waals surface area contributed by atoms with E-state index in [-0.39, 0.29) is 0 Å². The van der Waals surface area contributed by atoms with Crippen LogP contribution >= 0.6 is 0 Å². The molecule has 0 aromatic heterocycles. The number of para-hydroxylation sites is 1. The van der Waals surface area contributed by atoms with Gasteiger partial charge in [-0.1, -0.05) is 25.1 Å². The average Bonchev–Trinajstić information content (AvgIpc) is 2.27. The normalized spacial score (nSPS) is 14.5. The van der Waals surface area contributed by atoms with Gasteiger partial charge in [-0.15, -0.1) is 0 Å². The first-order valence-corrected chi connectivity index (χ1v) is 5.72. The zero-order valence-electron chi connectivity index (χ0n) is 10.0. The summed E-state index contributed by atoms with van der Waals surface area (Å²) in [7, 11) is 0. The lowest BCUT2D eigenvalue weighted by molar-refractivity contribution is 0.122. The van der Waals surface area contributed by atoms with Crippen molar-refractivity contribution >= 4 is 0 Å². The van der Waals surface area contributed by atoms with Gasteiger partial charge in [-0.3, -0.25) is 0 Å². The van der Waals surface area contributed by atoms with E-state index in [9.17, 15) is 5.11 Å². The van der Waals surface area contributed by atoms with Gasteiger partial charge in [0.2, 0.25) is 0 Å². The van der Waals surface area contributed by atoms with Gasteiger partial charge in [0.15, 0.2) is 0 Å². The highest BCUT2D eigenvalue weighted by atomic mass is 16.5. The van der Waals surface area contributed by atoms with Crippen molar-refractivity contribution in [2.45, 2.75) is 26.4 Å². The number of aliphatic hydroxyl groups excluding tert-OH is 1. The summed E-state index contributed by atoms with van der Waals surface area (Å²) in [6.07, 6.45) is 0.465. The van der Waals surface area contributed by atoms with E-state index in [0.717, 1.165) is 17.7 Å². The summed E-state index contributed by atoms with van der Waals surface area (Å²) >= 11 is 0. The zero-order chi connectivity index (χ0) is 12.0. The van der Waals surface area contributed by atoms with Crippen molar-refractivity contribution in [3.63, 3.8) is 0 Å². The van der Waals surface area contributed by atoms with Crippen LogP contribution in [0, 0.1) is 5.92 Å². The van der Waals surface area contributed by atoms with Crippen molar-refractivity contribution in [1.82, 2.24) is 0 Å². The Balaban J connectivity index is 2.67. The molecule has 3 N–H and O–H groups in total. The van der Waals surface area contributed by atoms with Crippen molar-refractivity contribution < 1.29 is 9.84 Å². The number of aliphatic hydroxyl groups is 1. The fourth-order valence-corrected chi connectivity index (χ4v) is 1.48. The molecule has 0 aliphatic carbocycles. The summed E-state index contributed by atoms with van der Waals surface area (Å²) in [6.45, 7) is 4.83. The van der Waals surface area contributed by atoms with Crippen LogP contribution in [0.1, 0.15) is 19.4 Å². The second-order valence-corrected chi connectivity index (χ2v) is 4.31. The molecule has 1 aromatic carbocycles. The van der Waals surface area contributed by atoms with Crippen LogP contribution in [0.3, 0.4) is 0 Å². The first-order valence-electron chi connectivity index (χ1n) is 5.72. The van der Waals surface area contributed by atoms with E-state index in [0.29, 0.717) is 19.1 Å². The molecule has 2 atom stereocenters. The van der Waals surface area contributed by atoms with E-state index in [1.807, 2.05) is 24.3 Å². The SMILES string of the molecule is CC(O)COc1ccccc1CC(C)CN. The molecule has 1 aromatic rings. The van der Waals surface area contributed by atoms with E-state index in [2.05, 4.69) is 6.92 Å². The Morgan fingerprint density at radius 2 is 2.00 bits per heavy atom. The predicted molar refractivity (Wildman–Crippen MR) is 65.5 cm³/mol. The standard InChI is InChI=1S/C13H21NO2/c1-10(8-14)7-12-5-3-4-6-13(12)16-9-11(2)15/h3-6,10-11,15H,7-9,14H2,1-2H3. The Morgan fingerprint density at radius 3 is 2.62 bits per heavy atom. The van der Waals surface area contributed by atoms with E-state index in [1.54, 1.807) is 6.92 Å². The number of hydrogen-bond acceptors (Lipinski definition) is 3. The number of rotatable bonds is 6. The number of hydrogen-bond donors (Lipinski definition) is 2. The monoisotopic (exact) mass is 223 g/mol. The molecule has 0 spiro atoms. The summed E-state index contributed by atoms with van der Waals surface area (Å²) in [5.41, 5.74) is 6.77. The van der Waals surface area contributed by atoms with Crippen LogP contribution in [-0.4, -0.2) is 24.4 Å². The Bertz CT molecular complexity index is 313. The maximum Gasteiger partial charge on any atom is 0.122 e. The summed E-state index contributed by atoms with van der Waals surface area (Å²) in [5, 5.41) is 9.19. The fourth-order valence-electron chi connectivity index (χ4n) is 1.48. The van der Waals surface area contributed by atoms with E-state index in [1.165, 1.54) is 0 Å². The van der Waals surface area contributed by atoms with Gasteiger partial charge in [0.1, 0.15) is 12.4 Å². The number of benzene rings is 1. The quantitative estimate of drug-likeness (QED) is 0.770. The highest BCUT2D eigenvalue weighted by molar-refractivity contribution is 5.33. The van der Waals surface area contributed by atoms with Gasteiger partial charge < -0.3 is 15.6 Å². The van der Waals surface area contributed by atoms with Gasteiger partial charge in [-0.25, -0.2) is 0 Å². The minimum atomic E-state index is -0.444. The predicted octanol–water partition coefficient (Wildman–Crippen LogP) is 1.58. The lowest BCUT2D eigenvalue weighted by atomic mass is 10.0. The Hall–Kier alpha value is -1.06. The van der Waals surface area contributed by atoms with Gasteiger partial charge in [-0.2, -0.15) is 0 Å². The van der Waals surface area contributed by atoms with Gasteiger partial charge in [0.25, 0.3) is 0 Å². The van der Waals surface area contributed by atoms with Gasteiger partial charge in [0.05, 0.1) is 6.10 Å². The molecule has 0 aliphatic heterocycles. The first kappa shape index (κ1) is 13.0. The molecule has 3 nitrogen and oxygen atoms in total. The molecule has 0 radical (unpaired) electrons. The smallest absolute Gasteiger partial charge is 0.122 e. The molecule has 0 saturated carbocycles. The molecule has 0 heterocycles. The van der Waals surface area contributed by atoms with Gasteiger partial charge >= 0.3 is 0 Å². The molecular weight excluding hydrogens is 202 g/mol. The maximum atomic E-state index is 9.19. The van der Waals surface area contributed by atoms with Crippen LogP contribution in [0.4, 0.5) is 0 Å². The molecular formula is C13H21NO2. The molecule has 0 amide bonds. The van der Waals surface area contributed by atoms with Gasteiger partial charge in [-0.05, 0) is 37.4 Å². The fraction of sp³-hybridized carbons (Fsp3) is 0.538. The molecule has 0 fully saturated rings. The minimum absolute atomic E-state index is 0.327. The molecule has 16 heavy (non-hydrogen) atoms. The van der Waals surface area contributed by atoms with Crippen LogP contribution in [0.5, 0.6) is 5.75 Å². The van der Waals surface area contributed by atoms with Crippen LogP contribution in [0.25, 0.3) is 0 Å². The third-order valence-electron chi connectivity index (χ3n) is 2.42. The second kappa shape index (κ2) is 6.51. The maximum absolute atomic E-state index is 9.19. The van der Waals surface area contributed by atoms with Crippen LogP contribution in [-0.2, 0) is 6.42 Å². The number of nitrogens with two attached hydrogens (primary N) is 1. The third kappa shape index (κ3) is 4.21. The molecule has 0 aliphatic rings. The molecule has 2 unspecified atom stereocenters. The lowest BCUT2D eigenvalue weighted by Gasteiger charge is -2.14. The first-order chi connectivity index (χ1) is 7.63. The second-order valence-electron chi connectivity index (χ2n) is 4.31. The van der Waals surface area contributed by atoms with Crippen molar-refractivity contribution in [2.75, 3.05) is 13.2 Å². The molecule has 0 saturated heterocycles. The van der Waals surface area contributed by atoms with Crippen molar-refractivity contribution in [1.29, 1.82) is 0 Å². The highest BCUT2D eigenvalue weighted by Crippen LogP contribution is 2.21. The van der Waals surface area contributed by atoms with Crippen LogP contribution < -0.4 is 10.5 Å². The minimum Gasteiger partial charge on any atom is -0.491 e. The molecule has 90 valence electrons. The Labute approximate surface area is 97.2 Å². The molecule has 3 heteroatoms. The Morgan fingerprint density at radius 1 is 1.31 bits per heavy atom. The average molecular weight is 223 g/mol. The number of ether oxygens (including phenoxy) is 1. The summed E-state index contributed by atoms with van der Waals surface area (Å²) in [4.78, 5) is 0. The molecule has 0 bridgehead atoms. The van der Waals surface area contributed by atoms with Crippen molar-refractivity contribution in [3.8, 4) is 5.75 Å². The van der Waals surface area contributed by atoms with Crippen LogP contribution in [0.15, 0.2) is 24.3 Å². The molecule has 1 rings (SSSR count). The highest BCUT2D eigenvalue weighted by Gasteiger charge is 2.07. The van der Waals surface area contributed by atoms with Crippen molar-refractivity contribution in [3.05, 3.63) is 29.8 Å². The van der Waals surface area contributed by atoms with E-state index >= 15 is 0 Å². The summed E-state index contributed by atoms with van der Waals surface area (Å²) in [6, 6.07) is 7.91. The largest absolute Gasteiger partial charge is 0.491 e. The van der Waals surface area contributed by atoms with Gasteiger partial charge in [0, 0.05) is 0 Å². The summed E-state index contributed by atoms with van der Waals surface area (Å²) in [5.74, 6) is 1.29. The van der Waals surface area contributed by atoms with Crippen LogP contribution in [0.2, 0.25) is 0 Å². The topological polar surface area (TPSA) is 55.5 Å².